The molecule has 0 aliphatic rings. The van der Waals surface area contributed by atoms with Crippen LogP contribution in [0.4, 0.5) is 17.6 Å². The molecule has 4 rings (SSSR count). The van der Waals surface area contributed by atoms with Crippen LogP contribution in [0.1, 0.15) is 11.3 Å². The van der Waals surface area contributed by atoms with Crippen molar-refractivity contribution in [3.8, 4) is 28.6 Å². The van der Waals surface area contributed by atoms with Gasteiger partial charge in [0, 0.05) is 7.05 Å². The summed E-state index contributed by atoms with van der Waals surface area (Å²) in [6.07, 6.45) is -2.92. The van der Waals surface area contributed by atoms with Crippen molar-refractivity contribution in [3.05, 3.63) is 71.8 Å². The molecule has 6 nitrogen and oxygen atoms in total. The molecule has 154 valence electrons. The van der Waals surface area contributed by atoms with Crippen LogP contribution in [0, 0.1) is 5.82 Å². The molecule has 0 fully saturated rings. The fraction of sp³-hybridized carbons (Fsp3) is 0.150. The lowest BCUT2D eigenvalue weighted by Crippen LogP contribution is -2.06. The summed E-state index contributed by atoms with van der Waals surface area (Å²) in [5, 5.41) is 7.95. The second-order valence-corrected chi connectivity index (χ2v) is 6.34. The van der Waals surface area contributed by atoms with E-state index in [9.17, 15) is 17.6 Å². The molecule has 0 spiro atoms. The third-order valence-corrected chi connectivity index (χ3v) is 4.39. The highest BCUT2D eigenvalue weighted by Gasteiger charge is 2.30. The number of hydrogen-bond acceptors (Lipinski definition) is 5. The van der Waals surface area contributed by atoms with Crippen LogP contribution in [0.5, 0.6) is 5.75 Å². The standard InChI is InChI=1S/C20H14F4N4O2/c1-28-17(11-29-13-8-6-12(7-9-13)20(22,23)24)15(10-25-28)19-26-18(27-30-19)14-4-2-3-5-16(14)21/h2-10H,11H2,1H3. The van der Waals surface area contributed by atoms with Crippen molar-refractivity contribution in [3.63, 3.8) is 0 Å². The maximum atomic E-state index is 14.0. The number of aromatic nitrogens is 4. The summed E-state index contributed by atoms with van der Waals surface area (Å²) in [7, 11) is 1.67. The highest BCUT2D eigenvalue weighted by atomic mass is 19.4. The van der Waals surface area contributed by atoms with Crippen LogP contribution in [-0.4, -0.2) is 19.9 Å². The quantitative estimate of drug-likeness (QED) is 0.433. The van der Waals surface area contributed by atoms with Gasteiger partial charge in [-0.25, -0.2) is 4.39 Å². The van der Waals surface area contributed by atoms with Crippen LogP contribution in [0.3, 0.4) is 0 Å². The largest absolute Gasteiger partial charge is 0.487 e. The first kappa shape index (κ1) is 19.6. The van der Waals surface area contributed by atoms with E-state index in [-0.39, 0.29) is 29.6 Å². The molecule has 0 aliphatic carbocycles. The predicted octanol–water partition coefficient (Wildman–Crippen LogP) is 4.87. The number of hydrogen-bond donors (Lipinski definition) is 0. The van der Waals surface area contributed by atoms with E-state index in [2.05, 4.69) is 15.2 Å². The minimum Gasteiger partial charge on any atom is -0.487 e. The van der Waals surface area contributed by atoms with E-state index in [0.717, 1.165) is 12.1 Å². The van der Waals surface area contributed by atoms with Crippen molar-refractivity contribution in [2.75, 3.05) is 0 Å². The minimum absolute atomic E-state index is 0.00535. The minimum atomic E-state index is -4.42. The summed E-state index contributed by atoms with van der Waals surface area (Å²) >= 11 is 0. The third kappa shape index (κ3) is 3.88. The molecule has 0 radical (unpaired) electrons. The van der Waals surface area contributed by atoms with Crippen LogP contribution < -0.4 is 4.74 Å². The SMILES string of the molecule is Cn1ncc(-c2nc(-c3ccccc3F)no2)c1COc1ccc(C(F)(F)F)cc1. The number of alkyl halides is 3. The van der Waals surface area contributed by atoms with Gasteiger partial charge in [-0.15, -0.1) is 0 Å². The monoisotopic (exact) mass is 418 g/mol. The summed E-state index contributed by atoms with van der Waals surface area (Å²) in [4.78, 5) is 4.23. The lowest BCUT2D eigenvalue weighted by atomic mass is 10.2. The molecule has 10 heteroatoms. The molecule has 30 heavy (non-hydrogen) atoms. The van der Waals surface area contributed by atoms with E-state index in [1.807, 2.05) is 0 Å². The van der Waals surface area contributed by atoms with Crippen molar-refractivity contribution < 1.29 is 26.8 Å². The Labute approximate surface area is 167 Å². The van der Waals surface area contributed by atoms with E-state index in [4.69, 9.17) is 9.26 Å². The van der Waals surface area contributed by atoms with Crippen LogP contribution in [0.15, 0.2) is 59.3 Å². The topological polar surface area (TPSA) is 66.0 Å². The number of benzene rings is 2. The Morgan fingerprint density at radius 3 is 2.47 bits per heavy atom. The van der Waals surface area contributed by atoms with Crippen molar-refractivity contribution >= 4 is 0 Å². The zero-order valence-electron chi connectivity index (χ0n) is 15.5. The van der Waals surface area contributed by atoms with Crippen molar-refractivity contribution in [1.29, 1.82) is 0 Å². The molecule has 0 N–H and O–H groups in total. The van der Waals surface area contributed by atoms with Crippen LogP contribution >= 0.6 is 0 Å². The Bertz CT molecular complexity index is 1170. The lowest BCUT2D eigenvalue weighted by molar-refractivity contribution is -0.137. The van der Waals surface area contributed by atoms with Gasteiger partial charge in [-0.2, -0.15) is 23.3 Å². The fourth-order valence-corrected chi connectivity index (χ4v) is 2.79. The van der Waals surface area contributed by atoms with Gasteiger partial charge >= 0.3 is 6.18 Å². The third-order valence-electron chi connectivity index (χ3n) is 4.39. The molecule has 4 aromatic rings. The highest BCUT2D eigenvalue weighted by Crippen LogP contribution is 2.31. The number of aryl methyl sites for hydroxylation is 1. The van der Waals surface area contributed by atoms with Crippen LogP contribution in [-0.2, 0) is 19.8 Å². The molecule has 0 saturated carbocycles. The number of ether oxygens (including phenoxy) is 1. The first-order valence-electron chi connectivity index (χ1n) is 8.73. The Kier molecular flexibility index (Phi) is 4.98. The number of halogens is 4. The second kappa shape index (κ2) is 7.62. The van der Waals surface area contributed by atoms with E-state index in [1.54, 1.807) is 19.2 Å². The van der Waals surface area contributed by atoms with Gasteiger partial charge in [0.05, 0.1) is 28.6 Å². The summed E-state index contributed by atoms with van der Waals surface area (Å²) in [6, 6.07) is 10.4. The number of nitrogens with zero attached hydrogens (tertiary/aromatic N) is 4. The smallest absolute Gasteiger partial charge is 0.416 e. The zero-order valence-corrected chi connectivity index (χ0v) is 15.5. The highest BCUT2D eigenvalue weighted by molar-refractivity contribution is 5.61. The molecule has 0 aliphatic heterocycles. The first-order chi connectivity index (χ1) is 14.3. The van der Waals surface area contributed by atoms with Gasteiger partial charge in [0.25, 0.3) is 5.89 Å². The molecular weight excluding hydrogens is 404 g/mol. The van der Waals surface area contributed by atoms with Gasteiger partial charge in [0.15, 0.2) is 0 Å². The average molecular weight is 418 g/mol. The van der Waals surface area contributed by atoms with Gasteiger partial charge < -0.3 is 9.26 Å². The predicted molar refractivity (Wildman–Crippen MR) is 97.7 cm³/mol. The van der Waals surface area contributed by atoms with Gasteiger partial charge in [0.2, 0.25) is 5.82 Å². The summed E-state index contributed by atoms with van der Waals surface area (Å²) in [5.41, 5.74) is 0.458. The second-order valence-electron chi connectivity index (χ2n) is 6.34. The van der Waals surface area contributed by atoms with Gasteiger partial charge in [0.1, 0.15) is 18.2 Å². The summed E-state index contributed by atoms with van der Waals surface area (Å²) in [6.45, 7) is -0.00535. The molecule has 2 aromatic carbocycles. The Balaban J connectivity index is 1.55. The first-order valence-corrected chi connectivity index (χ1v) is 8.73. The van der Waals surface area contributed by atoms with Crippen molar-refractivity contribution in [2.45, 2.75) is 12.8 Å². The summed E-state index contributed by atoms with van der Waals surface area (Å²) in [5.74, 6) is -0.0245. The molecule has 2 aromatic heterocycles. The zero-order chi connectivity index (χ0) is 21.3. The average Bonchev–Trinajstić information content (AvgIpc) is 3.33. The maximum Gasteiger partial charge on any atom is 0.416 e. The van der Waals surface area contributed by atoms with E-state index < -0.39 is 17.6 Å². The molecule has 0 bridgehead atoms. The van der Waals surface area contributed by atoms with Crippen molar-refractivity contribution in [2.24, 2.45) is 7.05 Å². The fourth-order valence-electron chi connectivity index (χ4n) is 2.79. The van der Waals surface area contributed by atoms with E-state index in [1.165, 1.54) is 35.1 Å². The molecule has 0 saturated heterocycles. The Hall–Kier alpha value is -3.69. The van der Waals surface area contributed by atoms with Gasteiger partial charge in [-0.3, -0.25) is 4.68 Å². The molecule has 0 atom stereocenters. The molecule has 0 unspecified atom stereocenters. The molecular formula is C20H14F4N4O2. The maximum absolute atomic E-state index is 14.0. The Morgan fingerprint density at radius 1 is 1.03 bits per heavy atom. The Morgan fingerprint density at radius 2 is 1.77 bits per heavy atom. The lowest BCUT2D eigenvalue weighted by Gasteiger charge is -2.10. The number of rotatable bonds is 5. The molecule has 2 heterocycles. The van der Waals surface area contributed by atoms with Gasteiger partial charge in [-0.1, -0.05) is 17.3 Å². The van der Waals surface area contributed by atoms with E-state index >= 15 is 0 Å². The van der Waals surface area contributed by atoms with Crippen molar-refractivity contribution in [1.82, 2.24) is 19.9 Å². The molecule has 0 amide bonds. The van der Waals surface area contributed by atoms with Crippen LogP contribution in [0.25, 0.3) is 22.8 Å². The van der Waals surface area contributed by atoms with Gasteiger partial charge in [-0.05, 0) is 36.4 Å². The van der Waals surface area contributed by atoms with E-state index in [0.29, 0.717) is 11.3 Å². The van der Waals surface area contributed by atoms with Crippen LogP contribution in [0.2, 0.25) is 0 Å². The normalized spacial score (nSPS) is 11.6. The summed E-state index contributed by atoms with van der Waals surface area (Å²) < 4.78 is 64.3.